The number of hydrogen-bond donors (Lipinski definition) is 0. The first-order chi connectivity index (χ1) is 7.21. The first kappa shape index (κ1) is 13.7. The maximum atomic E-state index is 12.0. The minimum atomic E-state index is -4.40. The van der Waals surface area contributed by atoms with Crippen LogP contribution in [-0.2, 0) is 9.78 Å². The molecular weight excluding hydrogens is 261 g/mol. The molecule has 0 amide bonds. The predicted molar refractivity (Wildman–Crippen MR) is 59.2 cm³/mol. The molecule has 0 saturated heterocycles. The Bertz CT molecular complexity index is 348. The van der Waals surface area contributed by atoms with Crippen LogP contribution in [0.3, 0.4) is 0 Å². The van der Waals surface area contributed by atoms with Crippen LogP contribution in [0.15, 0.2) is 24.3 Å². The van der Waals surface area contributed by atoms with E-state index in [4.69, 9.17) is 15.8 Å². The maximum Gasteiger partial charge on any atom is 0.468 e. The smallest absolute Gasteiger partial charge is 0.297 e. The van der Waals surface area contributed by atoms with E-state index in [-0.39, 0.29) is 0 Å². The zero-order valence-electron chi connectivity index (χ0n) is 8.64. The van der Waals surface area contributed by atoms with Gasteiger partial charge < -0.3 is 0 Å². The minimum Gasteiger partial charge on any atom is -0.297 e. The van der Waals surface area contributed by atoms with Gasteiger partial charge in [0.05, 0.1) is 0 Å². The molecule has 0 atom stereocenters. The summed E-state index contributed by atoms with van der Waals surface area (Å²) in [6.07, 6.45) is 0. The van der Waals surface area contributed by atoms with Gasteiger partial charge in [-0.15, -0.1) is 0 Å². The molecule has 0 fully saturated rings. The fourth-order valence-corrected chi connectivity index (χ4v) is 1.58. The third kappa shape index (κ3) is 4.23. The Balaban J connectivity index is 2.73. The Labute approximate surface area is 101 Å². The fraction of sp³-hybridized carbons (Fsp3) is 0.400. The number of hydrogen-bond acceptors (Lipinski definition) is 2. The number of halogens is 4. The monoisotopic (exact) mass is 270 g/mol. The van der Waals surface area contributed by atoms with Gasteiger partial charge in [-0.3, -0.25) is 4.18 Å². The SMILES string of the molecule is CC(C)(OSC(F)(F)F)c1ccc(Cl)cc1. The van der Waals surface area contributed by atoms with Crippen LogP contribution in [0.5, 0.6) is 0 Å². The quantitative estimate of drug-likeness (QED) is 0.733. The van der Waals surface area contributed by atoms with Crippen LogP contribution < -0.4 is 0 Å². The van der Waals surface area contributed by atoms with Gasteiger partial charge >= 0.3 is 5.51 Å². The second-order valence-corrected chi connectivity index (χ2v) is 4.86. The van der Waals surface area contributed by atoms with Crippen LogP contribution in [0.25, 0.3) is 0 Å². The highest BCUT2D eigenvalue weighted by Crippen LogP contribution is 2.38. The summed E-state index contributed by atoms with van der Waals surface area (Å²) in [7, 11) is 0. The van der Waals surface area contributed by atoms with E-state index in [0.29, 0.717) is 10.6 Å². The van der Waals surface area contributed by atoms with E-state index in [0.717, 1.165) is 0 Å². The van der Waals surface area contributed by atoms with Gasteiger partial charge in [-0.2, -0.15) is 13.2 Å². The van der Waals surface area contributed by atoms with Gasteiger partial charge in [0.25, 0.3) is 0 Å². The van der Waals surface area contributed by atoms with E-state index in [2.05, 4.69) is 0 Å². The molecule has 0 spiro atoms. The van der Waals surface area contributed by atoms with Gasteiger partial charge in [-0.05, 0) is 31.5 Å². The van der Waals surface area contributed by atoms with Crippen LogP contribution in [0, 0.1) is 0 Å². The van der Waals surface area contributed by atoms with E-state index < -0.39 is 23.2 Å². The Kier molecular flexibility index (Phi) is 4.15. The lowest BCUT2D eigenvalue weighted by atomic mass is 9.99. The lowest BCUT2D eigenvalue weighted by Crippen LogP contribution is -2.20. The molecule has 1 aromatic carbocycles. The molecule has 0 aliphatic heterocycles. The molecule has 0 heterocycles. The van der Waals surface area contributed by atoms with Crippen molar-refractivity contribution < 1.29 is 17.4 Å². The van der Waals surface area contributed by atoms with Gasteiger partial charge in [0, 0.05) is 5.02 Å². The molecule has 1 aromatic rings. The van der Waals surface area contributed by atoms with Crippen LogP contribution in [0.2, 0.25) is 5.02 Å². The molecule has 0 aromatic heterocycles. The van der Waals surface area contributed by atoms with E-state index in [1.54, 1.807) is 38.1 Å². The molecule has 90 valence electrons. The molecule has 1 nitrogen and oxygen atoms in total. The number of rotatable bonds is 3. The molecule has 6 heteroatoms. The largest absolute Gasteiger partial charge is 0.468 e. The van der Waals surface area contributed by atoms with Crippen molar-refractivity contribution in [2.45, 2.75) is 25.0 Å². The van der Waals surface area contributed by atoms with Crippen LogP contribution in [0.4, 0.5) is 13.2 Å². The summed E-state index contributed by atoms with van der Waals surface area (Å²) >= 11 is 5.19. The van der Waals surface area contributed by atoms with Crippen molar-refractivity contribution in [2.75, 3.05) is 0 Å². The molecule has 0 bridgehead atoms. The van der Waals surface area contributed by atoms with Gasteiger partial charge in [0.1, 0.15) is 17.6 Å². The number of benzene rings is 1. The van der Waals surface area contributed by atoms with Crippen molar-refractivity contribution in [3.8, 4) is 0 Å². The van der Waals surface area contributed by atoms with Crippen molar-refractivity contribution >= 4 is 23.6 Å². The van der Waals surface area contributed by atoms with E-state index in [1.165, 1.54) is 0 Å². The highest BCUT2D eigenvalue weighted by atomic mass is 35.5. The first-order valence-corrected chi connectivity index (χ1v) is 5.52. The van der Waals surface area contributed by atoms with Crippen LogP contribution in [0.1, 0.15) is 19.4 Å². The normalized spacial score (nSPS) is 12.9. The van der Waals surface area contributed by atoms with Crippen molar-refractivity contribution in [1.82, 2.24) is 0 Å². The Morgan fingerprint density at radius 1 is 1.12 bits per heavy atom. The van der Waals surface area contributed by atoms with Gasteiger partial charge in [0.15, 0.2) is 0 Å². The van der Waals surface area contributed by atoms with Crippen LogP contribution in [-0.4, -0.2) is 5.51 Å². The highest BCUT2D eigenvalue weighted by molar-refractivity contribution is 7.95. The molecule has 1 rings (SSSR count). The predicted octanol–water partition coefficient (Wildman–Crippen LogP) is 4.76. The standard InChI is InChI=1S/C10H10ClF3OS/c1-9(2,15-16-10(12,13)14)7-3-5-8(11)6-4-7/h3-6H,1-2H3. The van der Waals surface area contributed by atoms with Crippen molar-refractivity contribution in [1.29, 1.82) is 0 Å². The Morgan fingerprint density at radius 3 is 2.06 bits per heavy atom. The van der Waals surface area contributed by atoms with Crippen molar-refractivity contribution in [3.63, 3.8) is 0 Å². The third-order valence-corrected chi connectivity index (χ3v) is 2.82. The minimum absolute atomic E-state index is 0.493. The highest BCUT2D eigenvalue weighted by Gasteiger charge is 2.34. The summed E-state index contributed by atoms with van der Waals surface area (Å²) < 4.78 is 40.7. The number of alkyl halides is 3. The molecule has 0 aliphatic carbocycles. The zero-order chi connectivity index (χ0) is 12.4. The molecule has 0 unspecified atom stereocenters. The summed E-state index contributed by atoms with van der Waals surface area (Å²) in [4.78, 5) is 0. The topological polar surface area (TPSA) is 9.23 Å². The summed E-state index contributed by atoms with van der Waals surface area (Å²) in [5.74, 6) is 0. The third-order valence-electron chi connectivity index (χ3n) is 1.88. The zero-order valence-corrected chi connectivity index (χ0v) is 10.2. The van der Waals surface area contributed by atoms with E-state index in [1.807, 2.05) is 0 Å². The van der Waals surface area contributed by atoms with E-state index in [9.17, 15) is 13.2 Å². The van der Waals surface area contributed by atoms with Crippen molar-refractivity contribution in [2.24, 2.45) is 0 Å². The summed E-state index contributed by atoms with van der Waals surface area (Å²) in [5.41, 5.74) is -4.79. The summed E-state index contributed by atoms with van der Waals surface area (Å²) in [6.45, 7) is 3.13. The van der Waals surface area contributed by atoms with Gasteiger partial charge in [-0.25, -0.2) is 0 Å². The van der Waals surface area contributed by atoms with Crippen LogP contribution >= 0.6 is 23.6 Å². The second-order valence-electron chi connectivity index (χ2n) is 3.63. The lowest BCUT2D eigenvalue weighted by Gasteiger charge is -2.24. The van der Waals surface area contributed by atoms with Crippen molar-refractivity contribution in [3.05, 3.63) is 34.9 Å². The lowest BCUT2D eigenvalue weighted by molar-refractivity contribution is -0.0458. The Hall–Kier alpha value is -0.390. The molecule has 0 radical (unpaired) electrons. The van der Waals surface area contributed by atoms with Gasteiger partial charge in [0.2, 0.25) is 0 Å². The summed E-state index contributed by atoms with van der Waals surface area (Å²) in [6, 6.07) is 6.50. The Morgan fingerprint density at radius 2 is 1.62 bits per heavy atom. The molecule has 0 saturated carbocycles. The summed E-state index contributed by atoms with van der Waals surface area (Å²) in [5, 5.41) is 0.531. The average molecular weight is 271 g/mol. The fourth-order valence-electron chi connectivity index (χ4n) is 1.05. The van der Waals surface area contributed by atoms with Gasteiger partial charge in [-0.1, -0.05) is 23.7 Å². The average Bonchev–Trinajstić information content (AvgIpc) is 2.15. The maximum absolute atomic E-state index is 12.0. The molecular formula is C10H10ClF3OS. The second kappa shape index (κ2) is 4.85. The van der Waals surface area contributed by atoms with E-state index >= 15 is 0 Å². The first-order valence-electron chi connectivity index (χ1n) is 4.40. The molecule has 0 aliphatic rings. The molecule has 0 N–H and O–H groups in total. The molecule has 16 heavy (non-hydrogen) atoms.